The van der Waals surface area contributed by atoms with E-state index in [1.807, 2.05) is 0 Å². The molecule has 0 fully saturated rings. The van der Waals surface area contributed by atoms with E-state index in [1.165, 1.54) is 6.07 Å². The van der Waals surface area contributed by atoms with Crippen LogP contribution in [0.1, 0.15) is 24.2 Å². The van der Waals surface area contributed by atoms with Crippen LogP contribution in [0, 0.1) is 0 Å². The molecule has 1 unspecified atom stereocenters. The Morgan fingerprint density at radius 1 is 1.43 bits per heavy atom. The van der Waals surface area contributed by atoms with Crippen molar-refractivity contribution >= 4 is 0 Å². The molecule has 78 valence electrons. The van der Waals surface area contributed by atoms with E-state index < -0.39 is 11.9 Å². The average Bonchev–Trinajstić information content (AvgIpc) is 2.15. The van der Waals surface area contributed by atoms with E-state index in [9.17, 15) is 13.2 Å². The third kappa shape index (κ3) is 2.45. The lowest BCUT2D eigenvalue weighted by atomic mass is 10.1. The van der Waals surface area contributed by atoms with Gasteiger partial charge in [-0.05, 0) is 12.1 Å². The van der Waals surface area contributed by atoms with Gasteiger partial charge in [0, 0.05) is 18.2 Å². The van der Waals surface area contributed by atoms with Gasteiger partial charge in [-0.25, -0.2) is 4.98 Å². The molecule has 0 aromatic carbocycles. The Kier molecular flexibility index (Phi) is 3.10. The zero-order chi connectivity index (χ0) is 10.8. The van der Waals surface area contributed by atoms with E-state index >= 15 is 0 Å². The van der Waals surface area contributed by atoms with Crippen LogP contribution < -0.4 is 5.73 Å². The second kappa shape index (κ2) is 3.96. The highest BCUT2D eigenvalue weighted by atomic mass is 19.4. The van der Waals surface area contributed by atoms with Gasteiger partial charge >= 0.3 is 6.18 Å². The lowest BCUT2D eigenvalue weighted by Crippen LogP contribution is -2.14. The molecule has 0 aliphatic rings. The highest BCUT2D eigenvalue weighted by molar-refractivity contribution is 5.16. The quantitative estimate of drug-likeness (QED) is 0.801. The largest absolute Gasteiger partial charge is 0.433 e. The topological polar surface area (TPSA) is 38.9 Å². The molecule has 0 saturated carbocycles. The third-order valence-electron chi connectivity index (χ3n) is 1.92. The van der Waals surface area contributed by atoms with Crippen LogP contribution in [0.3, 0.4) is 0 Å². The van der Waals surface area contributed by atoms with Gasteiger partial charge in [-0.2, -0.15) is 13.2 Å². The molecule has 0 aliphatic carbocycles. The van der Waals surface area contributed by atoms with Gasteiger partial charge in [0.15, 0.2) is 0 Å². The molecule has 1 heterocycles. The van der Waals surface area contributed by atoms with Crippen LogP contribution in [0.15, 0.2) is 18.2 Å². The first-order valence-electron chi connectivity index (χ1n) is 4.19. The summed E-state index contributed by atoms with van der Waals surface area (Å²) in [5.74, 6) is -0.155. The molecule has 5 heteroatoms. The minimum absolute atomic E-state index is 0.155. The summed E-state index contributed by atoms with van der Waals surface area (Å²) in [7, 11) is 0. The minimum Gasteiger partial charge on any atom is -0.330 e. The number of nitrogens with zero attached hydrogens (tertiary/aromatic N) is 1. The zero-order valence-corrected chi connectivity index (χ0v) is 7.67. The zero-order valence-electron chi connectivity index (χ0n) is 7.67. The van der Waals surface area contributed by atoms with Gasteiger partial charge in [0.1, 0.15) is 5.69 Å². The predicted octanol–water partition coefficient (Wildman–Crippen LogP) is 2.16. The number of aromatic nitrogens is 1. The first kappa shape index (κ1) is 11.0. The molecule has 0 spiro atoms. The van der Waals surface area contributed by atoms with E-state index in [1.54, 1.807) is 13.0 Å². The number of hydrogen-bond donors (Lipinski definition) is 1. The lowest BCUT2D eigenvalue weighted by molar-refractivity contribution is -0.141. The standard InChI is InChI=1S/C9H11F3N2/c1-6(5-13)7-3-2-4-8(14-7)9(10,11)12/h2-4,6H,5,13H2,1H3. The Labute approximate surface area is 79.9 Å². The Morgan fingerprint density at radius 2 is 2.07 bits per heavy atom. The summed E-state index contributed by atoms with van der Waals surface area (Å²) in [6.07, 6.45) is -4.38. The van der Waals surface area contributed by atoms with Crippen molar-refractivity contribution in [2.24, 2.45) is 5.73 Å². The average molecular weight is 204 g/mol. The first-order valence-corrected chi connectivity index (χ1v) is 4.19. The van der Waals surface area contributed by atoms with Crippen LogP contribution in [0.5, 0.6) is 0 Å². The maximum Gasteiger partial charge on any atom is 0.433 e. The number of rotatable bonds is 2. The summed E-state index contributed by atoms with van der Waals surface area (Å²) in [4.78, 5) is 3.51. The van der Waals surface area contributed by atoms with Crippen LogP contribution in [-0.2, 0) is 6.18 Å². The molecule has 2 nitrogen and oxygen atoms in total. The summed E-state index contributed by atoms with van der Waals surface area (Å²) in [5, 5.41) is 0. The molecule has 1 rings (SSSR count). The van der Waals surface area contributed by atoms with Gasteiger partial charge in [0.2, 0.25) is 0 Å². The van der Waals surface area contributed by atoms with Gasteiger partial charge in [-0.15, -0.1) is 0 Å². The van der Waals surface area contributed by atoms with E-state index in [0.29, 0.717) is 5.69 Å². The van der Waals surface area contributed by atoms with Crippen LogP contribution in [0.4, 0.5) is 13.2 Å². The highest BCUT2D eigenvalue weighted by Gasteiger charge is 2.32. The van der Waals surface area contributed by atoms with Crippen LogP contribution in [0.2, 0.25) is 0 Å². The van der Waals surface area contributed by atoms with Crippen LogP contribution >= 0.6 is 0 Å². The maximum atomic E-state index is 12.2. The summed E-state index contributed by atoms with van der Waals surface area (Å²) in [5.41, 5.74) is 4.85. The SMILES string of the molecule is CC(CN)c1cccc(C(F)(F)F)n1. The second-order valence-electron chi connectivity index (χ2n) is 3.08. The summed E-state index contributed by atoms with van der Waals surface area (Å²) in [6, 6.07) is 3.84. The van der Waals surface area contributed by atoms with E-state index in [2.05, 4.69) is 4.98 Å². The Morgan fingerprint density at radius 3 is 2.57 bits per heavy atom. The van der Waals surface area contributed by atoms with Gasteiger partial charge in [0.05, 0.1) is 0 Å². The fraction of sp³-hybridized carbons (Fsp3) is 0.444. The van der Waals surface area contributed by atoms with E-state index in [0.717, 1.165) is 6.07 Å². The number of alkyl halides is 3. The van der Waals surface area contributed by atoms with Crippen molar-refractivity contribution in [2.45, 2.75) is 19.0 Å². The molecule has 0 aliphatic heterocycles. The van der Waals surface area contributed by atoms with Crippen LogP contribution in [-0.4, -0.2) is 11.5 Å². The van der Waals surface area contributed by atoms with Gasteiger partial charge < -0.3 is 5.73 Å². The Balaban J connectivity index is 3.01. The minimum atomic E-state index is -4.38. The third-order valence-corrected chi connectivity index (χ3v) is 1.92. The van der Waals surface area contributed by atoms with Crippen molar-refractivity contribution in [2.75, 3.05) is 6.54 Å². The van der Waals surface area contributed by atoms with Crippen molar-refractivity contribution in [3.05, 3.63) is 29.6 Å². The predicted molar refractivity (Wildman–Crippen MR) is 46.7 cm³/mol. The van der Waals surface area contributed by atoms with Crippen LogP contribution in [0.25, 0.3) is 0 Å². The second-order valence-corrected chi connectivity index (χ2v) is 3.08. The van der Waals surface area contributed by atoms with Crippen molar-refractivity contribution in [3.8, 4) is 0 Å². The molecule has 14 heavy (non-hydrogen) atoms. The Bertz CT molecular complexity index is 309. The molecule has 0 radical (unpaired) electrons. The van der Waals surface area contributed by atoms with Gasteiger partial charge in [-0.3, -0.25) is 0 Å². The molecular formula is C9H11F3N2. The molecule has 2 N–H and O–H groups in total. The molecule has 1 aromatic heterocycles. The molecule has 0 bridgehead atoms. The Hall–Kier alpha value is -1.10. The molecule has 1 aromatic rings. The maximum absolute atomic E-state index is 12.2. The molecule has 0 amide bonds. The molecular weight excluding hydrogens is 193 g/mol. The normalized spacial score (nSPS) is 14.1. The fourth-order valence-corrected chi connectivity index (χ4v) is 1.00. The monoisotopic (exact) mass is 204 g/mol. The summed E-state index contributed by atoms with van der Waals surface area (Å²) in [6.45, 7) is 2.02. The highest BCUT2D eigenvalue weighted by Crippen LogP contribution is 2.28. The number of hydrogen-bond acceptors (Lipinski definition) is 2. The van der Waals surface area contributed by atoms with Gasteiger partial charge in [-0.1, -0.05) is 13.0 Å². The summed E-state index contributed by atoms with van der Waals surface area (Å²) < 4.78 is 36.7. The lowest BCUT2D eigenvalue weighted by Gasteiger charge is -2.11. The smallest absolute Gasteiger partial charge is 0.330 e. The number of pyridine rings is 1. The van der Waals surface area contributed by atoms with E-state index in [-0.39, 0.29) is 12.5 Å². The summed E-state index contributed by atoms with van der Waals surface area (Å²) >= 11 is 0. The first-order chi connectivity index (χ1) is 6.45. The number of halogens is 3. The van der Waals surface area contributed by atoms with Crippen molar-refractivity contribution in [1.29, 1.82) is 0 Å². The van der Waals surface area contributed by atoms with Gasteiger partial charge in [0.25, 0.3) is 0 Å². The number of nitrogens with two attached hydrogens (primary N) is 1. The fourth-order valence-electron chi connectivity index (χ4n) is 1.00. The van der Waals surface area contributed by atoms with Crippen molar-refractivity contribution in [1.82, 2.24) is 4.98 Å². The van der Waals surface area contributed by atoms with Crippen molar-refractivity contribution < 1.29 is 13.2 Å². The van der Waals surface area contributed by atoms with Crippen molar-refractivity contribution in [3.63, 3.8) is 0 Å². The van der Waals surface area contributed by atoms with E-state index in [4.69, 9.17) is 5.73 Å². The molecule has 0 saturated heterocycles. The molecule has 1 atom stereocenters.